The number of nitrogens with two attached hydrogens (primary N) is 1. The molecule has 1 aliphatic rings. The van der Waals surface area contributed by atoms with Crippen molar-refractivity contribution in [1.29, 1.82) is 0 Å². The van der Waals surface area contributed by atoms with Crippen molar-refractivity contribution in [2.45, 2.75) is 57.3 Å². The molecule has 0 spiro atoms. The van der Waals surface area contributed by atoms with Crippen molar-refractivity contribution in [2.75, 3.05) is 90.1 Å². The third-order valence-corrected chi connectivity index (χ3v) is 11.8. The Labute approximate surface area is 403 Å². The number of likely N-dealkylation sites (N-methyl/N-ethyl adjacent to an activating group) is 1. The monoisotopic (exact) mass is 972 g/mol. The molecule has 0 radical (unpaired) electrons. The molecule has 0 bridgehead atoms. The number of ether oxygens (including phenoxy) is 3. The van der Waals surface area contributed by atoms with E-state index in [9.17, 15) is 22.8 Å². The molecular formula is C49H59F3N10O6S. The van der Waals surface area contributed by atoms with Gasteiger partial charge in [-0.1, -0.05) is 29.6 Å². The number of nitrogens with one attached hydrogen (secondary N) is 4. The van der Waals surface area contributed by atoms with E-state index < -0.39 is 12.7 Å². The highest BCUT2D eigenvalue weighted by molar-refractivity contribution is 7.97. The van der Waals surface area contributed by atoms with E-state index in [0.29, 0.717) is 77.2 Å². The maximum Gasteiger partial charge on any atom is 0.406 e. The van der Waals surface area contributed by atoms with Crippen molar-refractivity contribution in [2.24, 2.45) is 0 Å². The number of nitrogen functional groups attached to an aromatic ring is 1. The summed E-state index contributed by atoms with van der Waals surface area (Å²) in [5, 5.41) is 13.5. The van der Waals surface area contributed by atoms with Crippen LogP contribution in [0.2, 0.25) is 0 Å². The van der Waals surface area contributed by atoms with Crippen LogP contribution in [0, 0.1) is 25.7 Å². The Morgan fingerprint density at radius 2 is 1.83 bits per heavy atom. The van der Waals surface area contributed by atoms with E-state index in [1.54, 1.807) is 61.8 Å². The third-order valence-electron chi connectivity index (χ3n) is 10.9. The summed E-state index contributed by atoms with van der Waals surface area (Å²) in [6, 6.07) is 19.0. The van der Waals surface area contributed by atoms with Gasteiger partial charge in [-0.25, -0.2) is 9.29 Å². The van der Waals surface area contributed by atoms with Crippen molar-refractivity contribution in [3.63, 3.8) is 0 Å². The van der Waals surface area contributed by atoms with Crippen LogP contribution in [0.15, 0.2) is 87.1 Å². The van der Waals surface area contributed by atoms with Gasteiger partial charge in [-0.15, -0.1) is 0 Å². The maximum absolute atomic E-state index is 13.4. The fourth-order valence-electron chi connectivity index (χ4n) is 7.41. The molecule has 5 heterocycles. The summed E-state index contributed by atoms with van der Waals surface area (Å²) in [5.74, 6) is 6.92. The van der Waals surface area contributed by atoms with Gasteiger partial charge in [0.2, 0.25) is 5.88 Å². The highest BCUT2D eigenvalue weighted by Crippen LogP contribution is 2.32. The molecule has 7 rings (SSSR count). The summed E-state index contributed by atoms with van der Waals surface area (Å²) in [5.41, 5.74) is 10.6. The normalized spacial score (nSPS) is 12.8. The number of aryl methyl sites for hydroxylation is 2. The minimum atomic E-state index is -4.42. The molecule has 16 nitrogen and oxygen atoms in total. The number of nitrogens with zero attached hydrogens (tertiary/aromatic N) is 5. The van der Waals surface area contributed by atoms with Crippen LogP contribution in [-0.4, -0.2) is 115 Å². The van der Waals surface area contributed by atoms with Crippen LogP contribution in [0.4, 0.5) is 30.2 Å². The van der Waals surface area contributed by atoms with Gasteiger partial charge in [0.25, 0.3) is 11.5 Å². The predicted octanol–water partition coefficient (Wildman–Crippen LogP) is 7.48. The Morgan fingerprint density at radius 1 is 1.03 bits per heavy atom. The Kier molecular flexibility index (Phi) is 18.8. The van der Waals surface area contributed by atoms with Crippen LogP contribution in [-0.2, 0) is 22.6 Å². The fourth-order valence-corrected chi connectivity index (χ4v) is 8.23. The zero-order chi connectivity index (χ0) is 49.3. The average Bonchev–Trinajstić information content (AvgIpc) is 3.85. The number of amides is 1. The number of hydrogen-bond donors (Lipinski definition) is 5. The summed E-state index contributed by atoms with van der Waals surface area (Å²) in [6.07, 6.45) is 1.47. The molecule has 20 heteroatoms. The van der Waals surface area contributed by atoms with Crippen LogP contribution in [0.1, 0.15) is 42.1 Å². The number of likely N-dealkylation sites (tertiary alicyclic amines) is 1. The molecule has 1 amide bonds. The third kappa shape index (κ3) is 15.7. The Bertz CT molecular complexity index is 2740. The van der Waals surface area contributed by atoms with Crippen LogP contribution in [0.3, 0.4) is 0 Å². The van der Waals surface area contributed by atoms with Gasteiger partial charge < -0.3 is 54.9 Å². The van der Waals surface area contributed by atoms with Crippen molar-refractivity contribution < 1.29 is 36.7 Å². The number of halogens is 3. The molecule has 6 aromatic rings. The van der Waals surface area contributed by atoms with Crippen molar-refractivity contribution in [3.8, 4) is 34.6 Å². The van der Waals surface area contributed by atoms with Crippen LogP contribution < -0.4 is 36.7 Å². The summed E-state index contributed by atoms with van der Waals surface area (Å²) in [6.45, 7) is 6.87. The lowest BCUT2D eigenvalue weighted by Crippen LogP contribution is -2.32. The lowest BCUT2D eigenvalue weighted by atomic mass is 10.1. The van der Waals surface area contributed by atoms with Crippen LogP contribution in [0.25, 0.3) is 22.0 Å². The number of carbonyl (C=O) groups excluding carboxylic acids is 1. The number of fused-ring (bicyclic) bond motifs is 1. The largest absolute Gasteiger partial charge is 0.495 e. The van der Waals surface area contributed by atoms with E-state index in [2.05, 4.69) is 54.9 Å². The standard InChI is InChI=1S/C43H46F3N9O6S.C6H13N/c1-27-41(28(2)61-53-27)29-20-36(42(57)51-23-29)50-24-30-8-5-12-40(52-30)60-25-39(56)49-16-18-59-19-17-54(3)62-32-13-14-35(38(22-32)58-4)48-15-7-9-31-21-33-34(47)10-6-11-37(33)55(31)26-43(44,45)46;1-7-5-3-2-4-6-7/h5-6,8,10-14,20-23,48,50H,15-19,24-26,47H2,1-4H3,(H,49,56)(H,51,57);2-6H2,1H3. The second-order valence-electron chi connectivity index (χ2n) is 16.2. The Balaban J connectivity index is 0.00000102. The number of methoxy groups -OCH3 is 1. The number of aromatic nitrogens is 4. The first-order chi connectivity index (χ1) is 33.2. The molecule has 0 saturated carbocycles. The molecule has 4 aromatic heterocycles. The highest BCUT2D eigenvalue weighted by Gasteiger charge is 2.30. The highest BCUT2D eigenvalue weighted by atomic mass is 32.2. The minimum absolute atomic E-state index is 0.161. The van der Waals surface area contributed by atoms with Gasteiger partial charge in [0, 0.05) is 52.4 Å². The molecule has 1 saturated heterocycles. The van der Waals surface area contributed by atoms with Gasteiger partial charge in [0.05, 0.1) is 61.7 Å². The van der Waals surface area contributed by atoms with Gasteiger partial charge in [-0.3, -0.25) is 9.59 Å². The molecule has 1 aliphatic heterocycles. The quantitative estimate of drug-likeness (QED) is 0.0233. The van der Waals surface area contributed by atoms with Gasteiger partial charge in [0.15, 0.2) is 6.61 Å². The van der Waals surface area contributed by atoms with E-state index in [0.717, 1.165) is 20.6 Å². The number of benzene rings is 2. The van der Waals surface area contributed by atoms with Gasteiger partial charge in [-0.05, 0) is 120 Å². The number of carbonyl (C=O) groups is 1. The number of aromatic amines is 1. The van der Waals surface area contributed by atoms with E-state index in [4.69, 9.17) is 24.5 Å². The topological polar surface area (TPSA) is 190 Å². The van der Waals surface area contributed by atoms with Crippen molar-refractivity contribution in [3.05, 3.63) is 106 Å². The van der Waals surface area contributed by atoms with Crippen LogP contribution >= 0.6 is 11.9 Å². The number of piperidine rings is 1. The molecular weight excluding hydrogens is 914 g/mol. The van der Waals surface area contributed by atoms with E-state index >= 15 is 0 Å². The SMILES string of the molecule is CN1CCCCC1.COc1cc(SN(C)CCOCCNC(=O)COc2cccc(CNc3cc(-c4c(C)noc4C)c[nH]c3=O)n2)ccc1NCC#Cc1cc2c(N)cccc2n1CC(F)(F)F. The molecule has 0 atom stereocenters. The summed E-state index contributed by atoms with van der Waals surface area (Å²) >= 11 is 1.49. The van der Waals surface area contributed by atoms with Gasteiger partial charge in [-0.2, -0.15) is 13.2 Å². The number of rotatable bonds is 19. The predicted molar refractivity (Wildman–Crippen MR) is 264 cm³/mol. The second-order valence-corrected chi connectivity index (χ2v) is 17.5. The van der Waals surface area contributed by atoms with E-state index in [-0.39, 0.29) is 42.7 Å². The summed E-state index contributed by atoms with van der Waals surface area (Å²) in [4.78, 5) is 35.4. The smallest absolute Gasteiger partial charge is 0.406 e. The van der Waals surface area contributed by atoms with Crippen LogP contribution in [0.5, 0.6) is 11.6 Å². The molecule has 368 valence electrons. The number of anilines is 3. The van der Waals surface area contributed by atoms with E-state index in [1.807, 2.05) is 43.4 Å². The molecule has 69 heavy (non-hydrogen) atoms. The van der Waals surface area contributed by atoms with Gasteiger partial charge >= 0.3 is 6.18 Å². The lowest BCUT2D eigenvalue weighted by Gasteiger charge is -2.20. The Hall–Kier alpha value is -6.66. The van der Waals surface area contributed by atoms with Crippen molar-refractivity contribution in [1.82, 2.24) is 34.2 Å². The van der Waals surface area contributed by atoms with E-state index in [1.165, 1.54) is 44.3 Å². The minimum Gasteiger partial charge on any atom is -0.495 e. The summed E-state index contributed by atoms with van der Waals surface area (Å²) < 4.78 is 65.3. The number of hydrogen-bond acceptors (Lipinski definition) is 14. The molecule has 6 N–H and O–H groups in total. The maximum atomic E-state index is 13.4. The fraction of sp³-hybridized carbons (Fsp3) is 0.388. The lowest BCUT2D eigenvalue weighted by molar-refractivity contribution is -0.140. The second kappa shape index (κ2) is 25.1. The van der Waals surface area contributed by atoms with Gasteiger partial charge in [0.1, 0.15) is 23.7 Å². The number of pyridine rings is 2. The Morgan fingerprint density at radius 3 is 2.55 bits per heavy atom. The van der Waals surface area contributed by atoms with Crippen molar-refractivity contribution >= 4 is 45.8 Å². The molecule has 1 fully saturated rings. The zero-order valence-electron chi connectivity index (χ0n) is 39.4. The first-order valence-electron chi connectivity index (χ1n) is 22.4. The summed E-state index contributed by atoms with van der Waals surface area (Å²) in [7, 11) is 5.66. The number of alkyl halides is 3. The number of H-pyrrole nitrogens is 1. The first kappa shape index (κ1) is 51.7. The zero-order valence-corrected chi connectivity index (χ0v) is 40.2. The average molecular weight is 973 g/mol. The molecule has 2 aromatic carbocycles. The molecule has 0 aliphatic carbocycles. The first-order valence-corrected chi connectivity index (χ1v) is 23.2. The molecule has 0 unspecified atom stereocenters.